The molecule has 13 nitrogen and oxygen atoms in total. The van der Waals surface area contributed by atoms with Crippen molar-refractivity contribution in [1.29, 1.82) is 0 Å². The van der Waals surface area contributed by atoms with Gasteiger partial charge < -0.3 is 19.7 Å². The number of rotatable bonds is 13. The standard InChI is InChI=1S/C40H46FN9O4/c1-5-6-16-50-25-43-38(47-50)31-10-7-28(20-33(31)41)27-13-17-49(18-14-27)36(51)23-48-19-15-40(24-48,53-4)39(52)44-30-9-11-34-32(21-30)37(46-45-34)29-8-12-35(42-22-29)54-26(2)3/h7-13,20-22,25-26H,5-6,14-19,23-24H2,1-4H3,(H,44,52)(H,45,46)/t40-/m0/s1. The summed E-state index contributed by atoms with van der Waals surface area (Å²) in [6, 6.07) is 14.4. The predicted octanol–water partition coefficient (Wildman–Crippen LogP) is 5.96. The molecule has 7 rings (SSSR count). The van der Waals surface area contributed by atoms with Gasteiger partial charge in [-0.25, -0.2) is 14.4 Å². The lowest BCUT2D eigenvalue weighted by Gasteiger charge is -2.30. The second kappa shape index (κ2) is 15.9. The molecule has 0 saturated carbocycles. The van der Waals surface area contributed by atoms with Gasteiger partial charge in [0.2, 0.25) is 11.8 Å². The zero-order valence-corrected chi connectivity index (χ0v) is 31.1. The number of amides is 2. The van der Waals surface area contributed by atoms with Crippen LogP contribution in [0.25, 0.3) is 39.1 Å². The Labute approximate surface area is 313 Å². The zero-order chi connectivity index (χ0) is 37.8. The van der Waals surface area contributed by atoms with Gasteiger partial charge in [-0.2, -0.15) is 10.2 Å². The maximum Gasteiger partial charge on any atom is 0.258 e. The topological polar surface area (TPSA) is 143 Å². The number of unbranched alkanes of at least 4 members (excludes halogenated alkanes) is 1. The third-order valence-electron chi connectivity index (χ3n) is 10.1. The smallest absolute Gasteiger partial charge is 0.258 e. The molecule has 2 amide bonds. The molecule has 0 bridgehead atoms. The number of aryl methyl sites for hydroxylation is 1. The molecule has 282 valence electrons. The van der Waals surface area contributed by atoms with E-state index in [4.69, 9.17) is 9.47 Å². The van der Waals surface area contributed by atoms with Gasteiger partial charge in [0.15, 0.2) is 11.4 Å². The summed E-state index contributed by atoms with van der Waals surface area (Å²) in [6.45, 7) is 8.69. The monoisotopic (exact) mass is 735 g/mol. The molecule has 0 radical (unpaired) electrons. The number of carbonyl (C=O) groups excluding carboxylic acids is 2. The van der Waals surface area contributed by atoms with Gasteiger partial charge in [-0.05, 0) is 80.6 Å². The van der Waals surface area contributed by atoms with Crippen molar-refractivity contribution < 1.29 is 23.5 Å². The Morgan fingerprint density at radius 1 is 1.07 bits per heavy atom. The second-order valence-corrected chi connectivity index (χ2v) is 14.2. The Balaban J connectivity index is 0.946. The Morgan fingerprint density at radius 3 is 2.65 bits per heavy atom. The first-order chi connectivity index (χ1) is 26.1. The van der Waals surface area contributed by atoms with Crippen LogP contribution in [0.4, 0.5) is 10.1 Å². The van der Waals surface area contributed by atoms with Crippen molar-refractivity contribution in [3.05, 3.63) is 78.5 Å². The van der Waals surface area contributed by atoms with Gasteiger partial charge in [0.25, 0.3) is 5.91 Å². The molecule has 1 fully saturated rings. The van der Waals surface area contributed by atoms with E-state index >= 15 is 4.39 Å². The lowest BCUT2D eigenvalue weighted by molar-refractivity contribution is -0.138. The van der Waals surface area contributed by atoms with E-state index in [0.29, 0.717) is 61.1 Å². The van der Waals surface area contributed by atoms with Crippen LogP contribution >= 0.6 is 0 Å². The van der Waals surface area contributed by atoms with Crippen molar-refractivity contribution in [2.75, 3.05) is 45.2 Å². The molecule has 2 aliphatic heterocycles. The number of halogens is 1. The second-order valence-electron chi connectivity index (χ2n) is 14.2. The van der Waals surface area contributed by atoms with Gasteiger partial charge in [-0.15, -0.1) is 0 Å². The highest BCUT2D eigenvalue weighted by atomic mass is 19.1. The summed E-state index contributed by atoms with van der Waals surface area (Å²) in [5, 5.41) is 15.9. The number of hydrogen-bond donors (Lipinski definition) is 2. The molecule has 5 heterocycles. The van der Waals surface area contributed by atoms with Gasteiger partial charge in [0, 0.05) is 68.7 Å². The number of pyridine rings is 1. The molecule has 2 aliphatic rings. The van der Waals surface area contributed by atoms with Crippen molar-refractivity contribution in [2.45, 2.75) is 64.7 Å². The number of H-pyrrole nitrogens is 1. The maximum absolute atomic E-state index is 15.2. The number of ether oxygens (including phenoxy) is 2. The maximum atomic E-state index is 15.2. The first kappa shape index (κ1) is 36.9. The van der Waals surface area contributed by atoms with Crippen molar-refractivity contribution in [1.82, 2.24) is 39.7 Å². The minimum Gasteiger partial charge on any atom is -0.475 e. The minimum absolute atomic E-state index is 0.0189. The molecular weight excluding hydrogens is 689 g/mol. The molecule has 3 aromatic heterocycles. The molecule has 2 aromatic carbocycles. The zero-order valence-electron chi connectivity index (χ0n) is 31.1. The number of aromatic amines is 1. The molecule has 0 unspecified atom stereocenters. The molecule has 14 heteroatoms. The number of aromatic nitrogens is 6. The molecule has 5 aromatic rings. The number of benzene rings is 2. The quantitative estimate of drug-likeness (QED) is 0.150. The highest BCUT2D eigenvalue weighted by Gasteiger charge is 2.45. The summed E-state index contributed by atoms with van der Waals surface area (Å²) in [4.78, 5) is 39.6. The number of nitrogens with zero attached hydrogens (tertiary/aromatic N) is 7. The number of nitrogens with one attached hydrogen (secondary N) is 2. The molecule has 1 saturated heterocycles. The molecular formula is C40H46FN9O4. The summed E-state index contributed by atoms with van der Waals surface area (Å²) < 4.78 is 28.5. The van der Waals surface area contributed by atoms with Crippen molar-refractivity contribution in [3.63, 3.8) is 0 Å². The third kappa shape index (κ3) is 7.90. The predicted molar refractivity (Wildman–Crippen MR) is 204 cm³/mol. The summed E-state index contributed by atoms with van der Waals surface area (Å²) in [6.07, 6.45) is 8.44. The largest absolute Gasteiger partial charge is 0.475 e. The first-order valence-electron chi connectivity index (χ1n) is 18.5. The van der Waals surface area contributed by atoms with Gasteiger partial charge in [0.05, 0.1) is 23.7 Å². The normalized spacial score (nSPS) is 17.7. The van der Waals surface area contributed by atoms with Crippen LogP contribution in [0.2, 0.25) is 0 Å². The van der Waals surface area contributed by atoms with E-state index in [1.54, 1.807) is 28.2 Å². The van der Waals surface area contributed by atoms with Crippen LogP contribution in [0.1, 0.15) is 52.0 Å². The molecule has 0 spiro atoms. The molecule has 2 N–H and O–H groups in total. The third-order valence-corrected chi connectivity index (χ3v) is 10.1. The van der Waals surface area contributed by atoms with E-state index in [9.17, 15) is 9.59 Å². The van der Waals surface area contributed by atoms with E-state index in [2.05, 4.69) is 37.5 Å². The highest BCUT2D eigenvalue weighted by molar-refractivity contribution is 6.01. The fourth-order valence-corrected chi connectivity index (χ4v) is 7.02. The summed E-state index contributed by atoms with van der Waals surface area (Å²) in [7, 11) is 1.53. The highest BCUT2D eigenvalue weighted by Crippen LogP contribution is 2.32. The van der Waals surface area contributed by atoms with Crippen LogP contribution in [0, 0.1) is 5.82 Å². The number of likely N-dealkylation sites (tertiary alicyclic amines) is 1. The van der Waals surface area contributed by atoms with Gasteiger partial charge in [0.1, 0.15) is 17.8 Å². The summed E-state index contributed by atoms with van der Waals surface area (Å²) >= 11 is 0. The summed E-state index contributed by atoms with van der Waals surface area (Å²) in [5.41, 5.74) is 3.99. The van der Waals surface area contributed by atoms with Crippen LogP contribution < -0.4 is 10.1 Å². The number of fused-ring (bicyclic) bond motifs is 1. The average Bonchev–Trinajstić information content (AvgIpc) is 3.93. The van der Waals surface area contributed by atoms with E-state index in [-0.39, 0.29) is 36.8 Å². The molecule has 1 atom stereocenters. The fourth-order valence-electron chi connectivity index (χ4n) is 7.02. The van der Waals surface area contributed by atoms with Crippen LogP contribution in [-0.2, 0) is 20.9 Å². The minimum atomic E-state index is -1.11. The first-order valence-corrected chi connectivity index (χ1v) is 18.5. The summed E-state index contributed by atoms with van der Waals surface area (Å²) in [5.74, 6) is 0.241. The van der Waals surface area contributed by atoms with Crippen molar-refractivity contribution >= 4 is 34.0 Å². The number of methoxy groups -OCH3 is 1. The van der Waals surface area contributed by atoms with E-state index in [0.717, 1.165) is 47.0 Å². The van der Waals surface area contributed by atoms with Gasteiger partial charge in [-0.1, -0.05) is 25.5 Å². The average molecular weight is 736 g/mol. The Bertz CT molecular complexity index is 2160. The van der Waals surface area contributed by atoms with Crippen LogP contribution in [-0.4, -0.2) is 103 Å². The lowest BCUT2D eigenvalue weighted by atomic mass is 9.98. The van der Waals surface area contributed by atoms with Crippen LogP contribution in [0.5, 0.6) is 5.88 Å². The molecule has 0 aliphatic carbocycles. The van der Waals surface area contributed by atoms with Crippen LogP contribution in [0.3, 0.4) is 0 Å². The Kier molecular flexibility index (Phi) is 10.8. The van der Waals surface area contributed by atoms with Crippen molar-refractivity contribution in [3.8, 4) is 28.5 Å². The van der Waals surface area contributed by atoms with E-state index in [1.807, 2.05) is 61.2 Å². The van der Waals surface area contributed by atoms with Gasteiger partial charge in [-0.3, -0.25) is 24.3 Å². The van der Waals surface area contributed by atoms with Crippen LogP contribution in [0.15, 0.2) is 67.1 Å². The Morgan fingerprint density at radius 2 is 1.93 bits per heavy atom. The fraction of sp³-hybridized carbons (Fsp3) is 0.400. The van der Waals surface area contributed by atoms with E-state index < -0.39 is 5.60 Å². The SMILES string of the molecule is CCCCn1cnc(-c2ccc(C3=CCN(C(=O)CN4CC[C@@](OC)(C(=O)Nc5ccc6[nH]nc(-c7ccc(OC(C)C)nc7)c6c5)C4)CC3)cc2F)n1. The molecule has 54 heavy (non-hydrogen) atoms. The van der Waals surface area contributed by atoms with E-state index in [1.165, 1.54) is 13.2 Å². The lowest BCUT2D eigenvalue weighted by Crippen LogP contribution is -2.48. The number of hydrogen-bond acceptors (Lipinski definition) is 9. The van der Waals surface area contributed by atoms with Crippen molar-refractivity contribution in [2.24, 2.45) is 0 Å². The Hall–Kier alpha value is -5.47. The number of anilines is 1. The number of carbonyl (C=O) groups is 2. The van der Waals surface area contributed by atoms with Gasteiger partial charge >= 0.3 is 0 Å².